The predicted octanol–water partition coefficient (Wildman–Crippen LogP) is 2.18. The van der Waals surface area contributed by atoms with Crippen LogP contribution < -0.4 is 11.1 Å². The Morgan fingerprint density at radius 2 is 2.40 bits per heavy atom. The van der Waals surface area contributed by atoms with Gasteiger partial charge in [0.15, 0.2) is 5.96 Å². The van der Waals surface area contributed by atoms with Gasteiger partial charge in [-0.25, -0.2) is 0 Å². The van der Waals surface area contributed by atoms with Crippen LogP contribution in [-0.4, -0.2) is 31.8 Å². The van der Waals surface area contributed by atoms with Gasteiger partial charge in [0.25, 0.3) is 0 Å². The maximum absolute atomic E-state index is 5.89. The van der Waals surface area contributed by atoms with Gasteiger partial charge >= 0.3 is 0 Å². The normalized spacial score (nSPS) is 20.9. The monoisotopic (exact) mass is 275 g/mol. The molecule has 1 fully saturated rings. The number of benzene rings is 1. The molecule has 20 heavy (non-hydrogen) atoms. The molecule has 0 spiro atoms. The molecule has 1 aromatic carbocycles. The number of ether oxygens (including phenoxy) is 1. The summed E-state index contributed by atoms with van der Waals surface area (Å²) in [5.74, 6) is 0.887. The highest BCUT2D eigenvalue weighted by molar-refractivity contribution is 5.77. The van der Waals surface area contributed by atoms with Gasteiger partial charge in [0.2, 0.25) is 0 Å². The molecule has 0 radical (unpaired) electrons. The first-order valence-electron chi connectivity index (χ1n) is 7.37. The molecule has 1 aromatic rings. The average Bonchev–Trinajstić information content (AvgIpc) is 2.95. The molecule has 2 atom stereocenters. The first-order valence-corrected chi connectivity index (χ1v) is 7.37. The number of hydrogen-bond acceptors (Lipinski definition) is 2. The highest BCUT2D eigenvalue weighted by atomic mass is 16.5. The molecule has 0 bridgehead atoms. The van der Waals surface area contributed by atoms with Crippen molar-refractivity contribution in [1.82, 2.24) is 5.32 Å². The Kier molecular flexibility index (Phi) is 5.41. The Labute approximate surface area is 121 Å². The number of rotatable bonds is 5. The number of guanidine groups is 1. The Balaban J connectivity index is 1.78. The second kappa shape index (κ2) is 7.29. The van der Waals surface area contributed by atoms with Crippen LogP contribution in [0, 0.1) is 6.92 Å². The fraction of sp³-hybridized carbons (Fsp3) is 0.562. The molecule has 0 aliphatic carbocycles. The number of aliphatic imine (C=N–C) groups is 1. The summed E-state index contributed by atoms with van der Waals surface area (Å²) in [6.45, 7) is 6.61. The third-order valence-corrected chi connectivity index (χ3v) is 3.68. The first kappa shape index (κ1) is 14.9. The van der Waals surface area contributed by atoms with E-state index in [2.05, 4.69) is 48.4 Å². The summed E-state index contributed by atoms with van der Waals surface area (Å²) in [5.41, 5.74) is 8.48. The zero-order valence-electron chi connectivity index (χ0n) is 12.4. The first-order chi connectivity index (χ1) is 9.65. The van der Waals surface area contributed by atoms with E-state index in [1.165, 1.54) is 11.1 Å². The molecule has 0 amide bonds. The van der Waals surface area contributed by atoms with E-state index in [1.807, 2.05) is 0 Å². The van der Waals surface area contributed by atoms with Crippen molar-refractivity contribution in [2.45, 2.75) is 38.7 Å². The van der Waals surface area contributed by atoms with Crippen molar-refractivity contribution in [2.24, 2.45) is 10.7 Å². The van der Waals surface area contributed by atoms with Gasteiger partial charge in [0.05, 0.1) is 6.10 Å². The Morgan fingerprint density at radius 3 is 3.10 bits per heavy atom. The van der Waals surface area contributed by atoms with Gasteiger partial charge < -0.3 is 15.8 Å². The van der Waals surface area contributed by atoms with E-state index in [0.717, 1.165) is 26.0 Å². The van der Waals surface area contributed by atoms with Gasteiger partial charge in [-0.3, -0.25) is 4.99 Å². The van der Waals surface area contributed by atoms with E-state index in [9.17, 15) is 0 Å². The average molecular weight is 275 g/mol. The minimum atomic E-state index is 0.290. The SMILES string of the molecule is Cc1cccc(C(C)CN=C(N)NCC2CCCO2)c1. The van der Waals surface area contributed by atoms with E-state index in [1.54, 1.807) is 0 Å². The molecule has 0 saturated carbocycles. The van der Waals surface area contributed by atoms with Crippen LogP contribution in [0.3, 0.4) is 0 Å². The van der Waals surface area contributed by atoms with Crippen LogP contribution in [0.2, 0.25) is 0 Å². The Morgan fingerprint density at radius 1 is 1.55 bits per heavy atom. The third-order valence-electron chi connectivity index (χ3n) is 3.68. The van der Waals surface area contributed by atoms with E-state index in [4.69, 9.17) is 10.5 Å². The van der Waals surface area contributed by atoms with Gasteiger partial charge in [-0.05, 0) is 25.3 Å². The molecular formula is C16H25N3O. The van der Waals surface area contributed by atoms with Crippen LogP contribution in [-0.2, 0) is 4.74 Å². The summed E-state index contributed by atoms with van der Waals surface area (Å²) < 4.78 is 5.54. The minimum Gasteiger partial charge on any atom is -0.376 e. The Bertz CT molecular complexity index is 453. The van der Waals surface area contributed by atoms with Crippen molar-refractivity contribution in [3.8, 4) is 0 Å². The molecule has 3 N–H and O–H groups in total. The van der Waals surface area contributed by atoms with E-state index < -0.39 is 0 Å². The van der Waals surface area contributed by atoms with Crippen molar-refractivity contribution in [1.29, 1.82) is 0 Å². The number of hydrogen-bond donors (Lipinski definition) is 2. The summed E-state index contributed by atoms with van der Waals surface area (Å²) in [6, 6.07) is 8.54. The Hall–Kier alpha value is -1.55. The van der Waals surface area contributed by atoms with Crippen molar-refractivity contribution in [2.75, 3.05) is 19.7 Å². The summed E-state index contributed by atoms with van der Waals surface area (Å²) in [5, 5.41) is 3.15. The molecule has 2 unspecified atom stereocenters. The molecule has 1 heterocycles. The lowest BCUT2D eigenvalue weighted by Crippen LogP contribution is -2.37. The molecule has 0 aromatic heterocycles. The molecule has 1 saturated heterocycles. The van der Waals surface area contributed by atoms with Crippen LogP contribution in [0.4, 0.5) is 0 Å². The maximum Gasteiger partial charge on any atom is 0.188 e. The molecule has 4 nitrogen and oxygen atoms in total. The minimum absolute atomic E-state index is 0.290. The van der Waals surface area contributed by atoms with Gasteiger partial charge in [-0.2, -0.15) is 0 Å². The zero-order chi connectivity index (χ0) is 14.4. The van der Waals surface area contributed by atoms with Crippen molar-refractivity contribution < 1.29 is 4.74 Å². The summed E-state index contributed by atoms with van der Waals surface area (Å²) in [7, 11) is 0. The van der Waals surface area contributed by atoms with Gasteiger partial charge in [-0.1, -0.05) is 36.8 Å². The molecule has 1 aliphatic heterocycles. The van der Waals surface area contributed by atoms with Crippen LogP contribution in [0.5, 0.6) is 0 Å². The second-order valence-electron chi connectivity index (χ2n) is 5.56. The van der Waals surface area contributed by atoms with Crippen molar-refractivity contribution >= 4 is 5.96 Å². The number of nitrogens with two attached hydrogens (primary N) is 1. The fourth-order valence-corrected chi connectivity index (χ4v) is 2.40. The molecule has 110 valence electrons. The highest BCUT2D eigenvalue weighted by Crippen LogP contribution is 2.16. The number of aryl methyl sites for hydroxylation is 1. The van der Waals surface area contributed by atoms with Gasteiger partial charge in [0.1, 0.15) is 0 Å². The second-order valence-corrected chi connectivity index (χ2v) is 5.56. The largest absolute Gasteiger partial charge is 0.376 e. The molecule has 4 heteroatoms. The fourth-order valence-electron chi connectivity index (χ4n) is 2.40. The standard InChI is InChI=1S/C16H25N3O/c1-12-5-3-6-14(9-12)13(2)10-18-16(17)19-11-15-7-4-8-20-15/h3,5-6,9,13,15H,4,7-8,10-11H2,1-2H3,(H3,17,18,19). The lowest BCUT2D eigenvalue weighted by Gasteiger charge is -2.13. The summed E-state index contributed by atoms with van der Waals surface area (Å²) in [6.07, 6.45) is 2.55. The maximum atomic E-state index is 5.89. The summed E-state index contributed by atoms with van der Waals surface area (Å²) in [4.78, 5) is 4.42. The lowest BCUT2D eigenvalue weighted by molar-refractivity contribution is 0.114. The highest BCUT2D eigenvalue weighted by Gasteiger charge is 2.15. The third kappa shape index (κ3) is 4.53. The quantitative estimate of drug-likeness (QED) is 0.639. The smallest absolute Gasteiger partial charge is 0.188 e. The van der Waals surface area contributed by atoms with Crippen LogP contribution in [0.25, 0.3) is 0 Å². The van der Waals surface area contributed by atoms with Crippen molar-refractivity contribution in [3.63, 3.8) is 0 Å². The predicted molar refractivity (Wildman–Crippen MR) is 83.1 cm³/mol. The lowest BCUT2D eigenvalue weighted by atomic mass is 10.00. The molecule has 2 rings (SSSR count). The van der Waals surface area contributed by atoms with Crippen LogP contribution >= 0.6 is 0 Å². The number of nitrogens with zero attached hydrogens (tertiary/aromatic N) is 1. The molecular weight excluding hydrogens is 250 g/mol. The topological polar surface area (TPSA) is 59.6 Å². The van der Waals surface area contributed by atoms with Gasteiger partial charge in [-0.15, -0.1) is 0 Å². The number of nitrogens with one attached hydrogen (secondary N) is 1. The van der Waals surface area contributed by atoms with Crippen molar-refractivity contribution in [3.05, 3.63) is 35.4 Å². The van der Waals surface area contributed by atoms with Gasteiger partial charge in [0, 0.05) is 25.6 Å². The van der Waals surface area contributed by atoms with E-state index in [-0.39, 0.29) is 6.10 Å². The zero-order valence-corrected chi connectivity index (χ0v) is 12.4. The van der Waals surface area contributed by atoms with Crippen LogP contribution in [0.1, 0.15) is 36.8 Å². The summed E-state index contributed by atoms with van der Waals surface area (Å²) >= 11 is 0. The van der Waals surface area contributed by atoms with Crippen LogP contribution in [0.15, 0.2) is 29.3 Å². The molecule has 1 aliphatic rings. The van der Waals surface area contributed by atoms with E-state index in [0.29, 0.717) is 18.4 Å². The van der Waals surface area contributed by atoms with E-state index >= 15 is 0 Å².